The van der Waals surface area contributed by atoms with E-state index in [4.69, 9.17) is 9.47 Å². The van der Waals surface area contributed by atoms with Crippen LogP contribution >= 0.6 is 0 Å². The lowest BCUT2D eigenvalue weighted by Crippen LogP contribution is -2.49. The third-order valence-electron chi connectivity index (χ3n) is 4.89. The van der Waals surface area contributed by atoms with Crippen molar-refractivity contribution in [2.45, 2.75) is 33.9 Å². The zero-order chi connectivity index (χ0) is 21.4. The normalized spacial score (nSPS) is 10.9. The van der Waals surface area contributed by atoms with E-state index in [1.165, 1.54) is 0 Å². The number of nitrogens with zero attached hydrogens (tertiary/aromatic N) is 1. The van der Waals surface area contributed by atoms with Gasteiger partial charge >= 0.3 is 0 Å². The molecule has 29 heavy (non-hydrogen) atoms. The van der Waals surface area contributed by atoms with E-state index in [9.17, 15) is 9.59 Å². The maximum absolute atomic E-state index is 13.1. The first kappa shape index (κ1) is 22.3. The van der Waals surface area contributed by atoms with Gasteiger partial charge in [-0.2, -0.15) is 0 Å². The summed E-state index contributed by atoms with van der Waals surface area (Å²) in [7, 11) is 3.14. The van der Waals surface area contributed by atoms with E-state index in [0.29, 0.717) is 31.1 Å². The van der Waals surface area contributed by atoms with Crippen LogP contribution in [-0.2, 0) is 22.7 Å². The molecule has 0 spiro atoms. The first-order chi connectivity index (χ1) is 13.8. The molecule has 0 atom stereocenters. The van der Waals surface area contributed by atoms with Crippen molar-refractivity contribution in [2.75, 3.05) is 20.8 Å². The predicted molar refractivity (Wildman–Crippen MR) is 113 cm³/mol. The van der Waals surface area contributed by atoms with Crippen LogP contribution in [0.25, 0.3) is 0 Å². The average Bonchev–Trinajstić information content (AvgIpc) is 2.75. The molecule has 1 N–H and O–H groups in total. The molecular weight excluding hydrogens is 368 g/mol. The standard InChI is InChI=1S/C23H30N2O4/c1-6-25(16-17-10-8-7-9-11-17)22(27)23(2,3)21(26)24-15-18-12-13-19(28-4)20(14-18)29-5/h7-14H,6,15-16H2,1-5H3,(H,24,26). The van der Waals surface area contributed by atoms with Gasteiger partial charge in [-0.05, 0) is 44.0 Å². The highest BCUT2D eigenvalue weighted by atomic mass is 16.5. The quantitative estimate of drug-likeness (QED) is 0.658. The van der Waals surface area contributed by atoms with Gasteiger partial charge in [0.25, 0.3) is 0 Å². The zero-order valence-electron chi connectivity index (χ0n) is 17.8. The van der Waals surface area contributed by atoms with Gasteiger partial charge in [0.05, 0.1) is 14.2 Å². The average molecular weight is 399 g/mol. The van der Waals surface area contributed by atoms with Crippen LogP contribution in [-0.4, -0.2) is 37.5 Å². The number of benzene rings is 2. The van der Waals surface area contributed by atoms with Gasteiger partial charge in [-0.1, -0.05) is 36.4 Å². The summed E-state index contributed by atoms with van der Waals surface area (Å²) in [5, 5.41) is 2.87. The topological polar surface area (TPSA) is 67.9 Å². The second kappa shape index (κ2) is 9.96. The number of hydrogen-bond acceptors (Lipinski definition) is 4. The molecule has 0 saturated carbocycles. The van der Waals surface area contributed by atoms with E-state index in [0.717, 1.165) is 11.1 Å². The van der Waals surface area contributed by atoms with Gasteiger partial charge in [0.15, 0.2) is 11.5 Å². The monoisotopic (exact) mass is 398 g/mol. The first-order valence-corrected chi connectivity index (χ1v) is 9.66. The van der Waals surface area contributed by atoms with Crippen LogP contribution < -0.4 is 14.8 Å². The smallest absolute Gasteiger partial charge is 0.237 e. The minimum absolute atomic E-state index is 0.200. The van der Waals surface area contributed by atoms with Crippen molar-refractivity contribution >= 4 is 11.8 Å². The molecule has 2 aromatic rings. The molecule has 6 nitrogen and oxygen atoms in total. The number of methoxy groups -OCH3 is 2. The second-order valence-corrected chi connectivity index (χ2v) is 7.30. The largest absolute Gasteiger partial charge is 0.493 e. The Bertz CT molecular complexity index is 834. The molecule has 0 fully saturated rings. The summed E-state index contributed by atoms with van der Waals surface area (Å²) in [5.41, 5.74) is 0.710. The Morgan fingerprint density at radius 3 is 2.21 bits per heavy atom. The molecule has 0 aromatic heterocycles. The Morgan fingerprint density at radius 2 is 1.62 bits per heavy atom. The Kier molecular flexibility index (Phi) is 7.65. The summed E-state index contributed by atoms with van der Waals surface area (Å²) >= 11 is 0. The molecule has 0 saturated heterocycles. The van der Waals surface area contributed by atoms with Crippen molar-refractivity contribution in [3.63, 3.8) is 0 Å². The molecule has 2 amide bonds. The van der Waals surface area contributed by atoms with Gasteiger partial charge in [0.2, 0.25) is 11.8 Å². The first-order valence-electron chi connectivity index (χ1n) is 9.66. The zero-order valence-corrected chi connectivity index (χ0v) is 17.8. The van der Waals surface area contributed by atoms with Gasteiger partial charge < -0.3 is 19.7 Å². The maximum atomic E-state index is 13.1. The van der Waals surface area contributed by atoms with E-state index in [-0.39, 0.29) is 11.8 Å². The van der Waals surface area contributed by atoms with Crippen molar-refractivity contribution in [3.8, 4) is 11.5 Å². The molecule has 2 rings (SSSR count). The summed E-state index contributed by atoms with van der Waals surface area (Å²) in [6.45, 7) is 6.53. The molecule has 0 aliphatic heterocycles. The van der Waals surface area contributed by atoms with Crippen LogP contribution in [0.15, 0.2) is 48.5 Å². The fourth-order valence-corrected chi connectivity index (χ4v) is 3.02. The highest BCUT2D eigenvalue weighted by Gasteiger charge is 2.38. The summed E-state index contributed by atoms with van der Waals surface area (Å²) in [5.74, 6) is 0.699. The molecule has 2 aromatic carbocycles. The van der Waals surface area contributed by atoms with Gasteiger partial charge in [0, 0.05) is 19.6 Å². The highest BCUT2D eigenvalue weighted by molar-refractivity contribution is 6.04. The molecule has 0 aliphatic carbocycles. The number of carbonyl (C=O) groups is 2. The fraction of sp³-hybridized carbons (Fsp3) is 0.391. The summed E-state index contributed by atoms with van der Waals surface area (Å²) in [6.07, 6.45) is 0. The Labute approximate surface area is 172 Å². The van der Waals surface area contributed by atoms with E-state index in [1.807, 2.05) is 49.4 Å². The van der Waals surface area contributed by atoms with Crippen LogP contribution in [0, 0.1) is 5.41 Å². The minimum atomic E-state index is -1.18. The fourth-order valence-electron chi connectivity index (χ4n) is 3.02. The van der Waals surface area contributed by atoms with E-state index in [2.05, 4.69) is 5.32 Å². The molecule has 0 aliphatic rings. The van der Waals surface area contributed by atoms with Crippen LogP contribution in [0.1, 0.15) is 31.9 Å². The van der Waals surface area contributed by atoms with Crippen LogP contribution in [0.2, 0.25) is 0 Å². The van der Waals surface area contributed by atoms with Gasteiger partial charge in [0.1, 0.15) is 5.41 Å². The highest BCUT2D eigenvalue weighted by Crippen LogP contribution is 2.28. The summed E-state index contributed by atoms with van der Waals surface area (Å²) in [6, 6.07) is 15.2. The Morgan fingerprint density at radius 1 is 0.966 bits per heavy atom. The Hall–Kier alpha value is -3.02. The SMILES string of the molecule is CCN(Cc1ccccc1)C(=O)C(C)(C)C(=O)NCc1ccc(OC)c(OC)c1. The van der Waals surface area contributed by atoms with Crippen LogP contribution in [0.4, 0.5) is 0 Å². The minimum Gasteiger partial charge on any atom is -0.493 e. The number of hydrogen-bond donors (Lipinski definition) is 1. The number of ether oxygens (including phenoxy) is 2. The Balaban J connectivity index is 2.05. The number of rotatable bonds is 9. The van der Waals surface area contributed by atoms with E-state index < -0.39 is 5.41 Å². The van der Waals surface area contributed by atoms with Crippen molar-refractivity contribution in [1.29, 1.82) is 0 Å². The molecule has 0 bridgehead atoms. The van der Waals surface area contributed by atoms with Crippen molar-refractivity contribution in [3.05, 3.63) is 59.7 Å². The lowest BCUT2D eigenvalue weighted by Gasteiger charge is -2.30. The molecule has 156 valence electrons. The summed E-state index contributed by atoms with van der Waals surface area (Å²) in [4.78, 5) is 27.6. The third-order valence-corrected chi connectivity index (χ3v) is 4.89. The molecule has 0 radical (unpaired) electrons. The van der Waals surface area contributed by atoms with Crippen molar-refractivity contribution in [1.82, 2.24) is 10.2 Å². The molecule has 0 heterocycles. The molecular formula is C23H30N2O4. The van der Waals surface area contributed by atoms with E-state index >= 15 is 0 Å². The third kappa shape index (κ3) is 5.50. The number of amides is 2. The van der Waals surface area contributed by atoms with E-state index in [1.54, 1.807) is 39.0 Å². The predicted octanol–water partition coefficient (Wildman–Crippen LogP) is 3.39. The second-order valence-electron chi connectivity index (χ2n) is 7.30. The van der Waals surface area contributed by atoms with Gasteiger partial charge in [-0.25, -0.2) is 0 Å². The lowest BCUT2D eigenvalue weighted by atomic mass is 9.90. The maximum Gasteiger partial charge on any atom is 0.237 e. The van der Waals surface area contributed by atoms with Crippen LogP contribution in [0.3, 0.4) is 0 Å². The number of carbonyl (C=O) groups excluding carboxylic acids is 2. The van der Waals surface area contributed by atoms with Gasteiger partial charge in [-0.15, -0.1) is 0 Å². The van der Waals surface area contributed by atoms with Crippen molar-refractivity contribution in [2.24, 2.45) is 5.41 Å². The van der Waals surface area contributed by atoms with Crippen molar-refractivity contribution < 1.29 is 19.1 Å². The summed E-state index contributed by atoms with van der Waals surface area (Å²) < 4.78 is 10.5. The molecule has 6 heteroatoms. The van der Waals surface area contributed by atoms with Gasteiger partial charge in [-0.3, -0.25) is 9.59 Å². The lowest BCUT2D eigenvalue weighted by molar-refractivity contribution is -0.149. The molecule has 0 unspecified atom stereocenters. The van der Waals surface area contributed by atoms with Crippen LogP contribution in [0.5, 0.6) is 11.5 Å². The number of nitrogens with one attached hydrogen (secondary N) is 1.